The van der Waals surface area contributed by atoms with Crippen LogP contribution in [0.5, 0.6) is 0 Å². The van der Waals surface area contributed by atoms with E-state index in [0.29, 0.717) is 24.6 Å². The molecule has 0 aromatic heterocycles. The predicted molar refractivity (Wildman–Crippen MR) is 62.5 cm³/mol. The van der Waals surface area contributed by atoms with Crippen LogP contribution in [0.2, 0.25) is 0 Å². The lowest BCUT2D eigenvalue weighted by Crippen LogP contribution is -2.49. The number of hydrogen-bond donors (Lipinski definition) is 2. The molecule has 3 N–H and O–H groups in total. The second-order valence-electron chi connectivity index (χ2n) is 5.19. The monoisotopic (exact) mass is 234 g/mol. The highest BCUT2D eigenvalue weighted by Gasteiger charge is 2.38. The Hall–Kier alpha value is -0.130. The summed E-state index contributed by atoms with van der Waals surface area (Å²) in [4.78, 5) is 0. The smallest absolute Gasteiger partial charge is 0.152 e. The van der Waals surface area contributed by atoms with Crippen molar-refractivity contribution in [1.82, 2.24) is 5.32 Å². The molecule has 2 atom stereocenters. The molecule has 0 amide bonds. The van der Waals surface area contributed by atoms with E-state index < -0.39 is 9.84 Å². The second-order valence-corrected chi connectivity index (χ2v) is 7.38. The van der Waals surface area contributed by atoms with Crippen molar-refractivity contribution >= 4 is 9.84 Å². The van der Waals surface area contributed by atoms with Crippen molar-refractivity contribution in [2.24, 2.45) is 11.7 Å². The normalized spacial score (nSPS) is 32.1. The Morgan fingerprint density at radius 3 is 2.47 bits per heavy atom. The maximum absolute atomic E-state index is 11.4. The minimum Gasteiger partial charge on any atom is -0.326 e. The van der Waals surface area contributed by atoms with E-state index in [1.54, 1.807) is 0 Å². The third kappa shape index (κ3) is 3.74. The maximum atomic E-state index is 11.4. The summed E-state index contributed by atoms with van der Waals surface area (Å²) >= 11 is 0. The van der Waals surface area contributed by atoms with Gasteiger partial charge in [-0.2, -0.15) is 0 Å². The number of sulfone groups is 1. The van der Waals surface area contributed by atoms with Crippen molar-refractivity contribution in [3.63, 3.8) is 0 Å². The van der Waals surface area contributed by atoms with E-state index in [4.69, 9.17) is 5.73 Å². The minimum absolute atomic E-state index is 0.0881. The highest BCUT2D eigenvalue weighted by molar-refractivity contribution is 7.91. The van der Waals surface area contributed by atoms with Crippen LogP contribution in [0.4, 0.5) is 0 Å². The molecule has 0 aromatic carbocycles. The molecular weight excluding hydrogens is 212 g/mol. The van der Waals surface area contributed by atoms with Gasteiger partial charge in [-0.1, -0.05) is 13.8 Å². The van der Waals surface area contributed by atoms with Gasteiger partial charge in [0.25, 0.3) is 0 Å². The van der Waals surface area contributed by atoms with Crippen molar-refractivity contribution in [2.45, 2.75) is 38.8 Å². The predicted octanol–water partition coefficient (Wildman–Crippen LogP) is 0.137. The van der Waals surface area contributed by atoms with Crippen LogP contribution in [-0.4, -0.2) is 38.0 Å². The van der Waals surface area contributed by atoms with Gasteiger partial charge in [-0.3, -0.25) is 0 Å². The molecule has 1 aliphatic heterocycles. The van der Waals surface area contributed by atoms with E-state index in [2.05, 4.69) is 19.2 Å². The molecule has 4 nitrogen and oxygen atoms in total. The molecule has 2 unspecified atom stereocenters. The van der Waals surface area contributed by atoms with Crippen molar-refractivity contribution in [1.29, 1.82) is 0 Å². The SMILES string of the molecule is CC(C)C(N)CNC1(C)CCS(=O)(=O)C1. The number of nitrogens with two attached hydrogens (primary N) is 1. The van der Waals surface area contributed by atoms with Crippen LogP contribution in [0.1, 0.15) is 27.2 Å². The lowest BCUT2D eigenvalue weighted by Gasteiger charge is -2.27. The summed E-state index contributed by atoms with van der Waals surface area (Å²) in [5, 5.41) is 3.29. The fraction of sp³-hybridized carbons (Fsp3) is 1.00. The zero-order valence-corrected chi connectivity index (χ0v) is 10.6. The zero-order chi connectivity index (χ0) is 11.7. The van der Waals surface area contributed by atoms with Crippen LogP contribution in [-0.2, 0) is 9.84 Å². The van der Waals surface area contributed by atoms with Crippen LogP contribution in [0.3, 0.4) is 0 Å². The Bertz CT molecular complexity index is 313. The Labute approximate surface area is 92.5 Å². The molecule has 1 saturated heterocycles. The fourth-order valence-corrected chi connectivity index (χ4v) is 3.87. The average molecular weight is 234 g/mol. The Morgan fingerprint density at radius 2 is 2.07 bits per heavy atom. The molecule has 0 aromatic rings. The third-order valence-electron chi connectivity index (χ3n) is 3.12. The fourth-order valence-electron chi connectivity index (χ4n) is 1.75. The van der Waals surface area contributed by atoms with E-state index >= 15 is 0 Å². The summed E-state index contributed by atoms with van der Waals surface area (Å²) in [6, 6.07) is 0.0881. The summed E-state index contributed by atoms with van der Waals surface area (Å²) in [6.07, 6.45) is 0.695. The summed E-state index contributed by atoms with van der Waals surface area (Å²) in [7, 11) is -2.83. The van der Waals surface area contributed by atoms with E-state index in [1.165, 1.54) is 0 Å². The van der Waals surface area contributed by atoms with E-state index in [0.717, 1.165) is 0 Å². The van der Waals surface area contributed by atoms with Crippen LogP contribution >= 0.6 is 0 Å². The van der Waals surface area contributed by atoms with Gasteiger partial charge in [-0.25, -0.2) is 8.42 Å². The molecular formula is C10H22N2O2S. The molecule has 0 bridgehead atoms. The molecule has 1 fully saturated rings. The summed E-state index contributed by atoms with van der Waals surface area (Å²) in [5.74, 6) is 0.956. The molecule has 0 spiro atoms. The number of nitrogens with one attached hydrogen (secondary N) is 1. The van der Waals surface area contributed by atoms with Crippen LogP contribution in [0, 0.1) is 5.92 Å². The first-order valence-electron chi connectivity index (χ1n) is 5.45. The van der Waals surface area contributed by atoms with Crippen molar-refractivity contribution in [3.05, 3.63) is 0 Å². The molecule has 1 heterocycles. The molecule has 0 saturated carbocycles. The van der Waals surface area contributed by atoms with Gasteiger partial charge < -0.3 is 11.1 Å². The highest BCUT2D eigenvalue weighted by atomic mass is 32.2. The first kappa shape index (κ1) is 12.9. The third-order valence-corrected chi connectivity index (χ3v) is 5.03. The molecule has 1 aliphatic rings. The molecule has 90 valence electrons. The van der Waals surface area contributed by atoms with Gasteiger partial charge in [0.1, 0.15) is 0 Å². The summed E-state index contributed by atoms with van der Waals surface area (Å²) in [5.41, 5.74) is 5.64. The summed E-state index contributed by atoms with van der Waals surface area (Å²) in [6.45, 7) is 6.79. The molecule has 0 aliphatic carbocycles. The molecule has 5 heteroatoms. The van der Waals surface area contributed by atoms with Gasteiger partial charge >= 0.3 is 0 Å². The topological polar surface area (TPSA) is 72.2 Å². The highest BCUT2D eigenvalue weighted by Crippen LogP contribution is 2.22. The number of hydrogen-bond acceptors (Lipinski definition) is 4. The van der Waals surface area contributed by atoms with Gasteiger partial charge in [0.05, 0.1) is 11.5 Å². The molecule has 1 rings (SSSR count). The number of rotatable bonds is 4. The second kappa shape index (κ2) is 4.39. The van der Waals surface area contributed by atoms with Crippen molar-refractivity contribution in [3.8, 4) is 0 Å². The van der Waals surface area contributed by atoms with Crippen molar-refractivity contribution < 1.29 is 8.42 Å². The standard InChI is InChI=1S/C10H22N2O2S/c1-8(2)9(11)6-12-10(3)4-5-15(13,14)7-10/h8-9,12H,4-7,11H2,1-3H3. The van der Waals surface area contributed by atoms with E-state index in [-0.39, 0.29) is 17.3 Å². The Morgan fingerprint density at radius 1 is 1.47 bits per heavy atom. The summed E-state index contributed by atoms with van der Waals surface area (Å²) < 4.78 is 22.7. The van der Waals surface area contributed by atoms with Gasteiger partial charge in [0.2, 0.25) is 0 Å². The molecule has 0 radical (unpaired) electrons. The van der Waals surface area contributed by atoms with Crippen LogP contribution < -0.4 is 11.1 Å². The van der Waals surface area contributed by atoms with Crippen LogP contribution in [0.15, 0.2) is 0 Å². The molecule has 15 heavy (non-hydrogen) atoms. The first-order chi connectivity index (χ1) is 6.74. The van der Waals surface area contributed by atoms with Gasteiger partial charge in [-0.05, 0) is 19.3 Å². The lowest BCUT2D eigenvalue weighted by atomic mass is 9.99. The van der Waals surface area contributed by atoms with E-state index in [1.807, 2.05) is 6.92 Å². The quantitative estimate of drug-likeness (QED) is 0.725. The average Bonchev–Trinajstić information content (AvgIpc) is 2.37. The van der Waals surface area contributed by atoms with Crippen molar-refractivity contribution in [2.75, 3.05) is 18.1 Å². The first-order valence-corrected chi connectivity index (χ1v) is 7.27. The lowest BCUT2D eigenvalue weighted by molar-refractivity contribution is 0.354. The van der Waals surface area contributed by atoms with Gasteiger partial charge in [0.15, 0.2) is 9.84 Å². The largest absolute Gasteiger partial charge is 0.326 e. The van der Waals surface area contributed by atoms with Gasteiger partial charge in [-0.15, -0.1) is 0 Å². The van der Waals surface area contributed by atoms with Gasteiger partial charge in [0, 0.05) is 18.1 Å². The minimum atomic E-state index is -2.83. The zero-order valence-electron chi connectivity index (χ0n) is 9.79. The van der Waals surface area contributed by atoms with Crippen LogP contribution in [0.25, 0.3) is 0 Å². The Balaban J connectivity index is 2.46. The Kier molecular flexibility index (Phi) is 3.79. The maximum Gasteiger partial charge on any atom is 0.152 e. The van der Waals surface area contributed by atoms with E-state index in [9.17, 15) is 8.42 Å².